The van der Waals surface area contributed by atoms with Crippen LogP contribution >= 0.6 is 0 Å². The quantitative estimate of drug-likeness (QED) is 0.851. The lowest BCUT2D eigenvalue weighted by molar-refractivity contribution is -0.00534. The number of alkyl halides is 2. The molecule has 4 heteroatoms. The smallest absolute Gasteiger partial charge is 0.285 e. The summed E-state index contributed by atoms with van der Waals surface area (Å²) in [6, 6.07) is 12.1. The SMILES string of the molecule is Cc1ccc(C(C)NCC(F)(F)c2ccccc2)cc1F. The molecule has 1 atom stereocenters. The molecule has 21 heavy (non-hydrogen) atoms. The molecule has 2 rings (SSSR count). The molecule has 0 aliphatic rings. The highest BCUT2D eigenvalue weighted by atomic mass is 19.3. The number of halogens is 3. The van der Waals surface area contributed by atoms with E-state index in [1.165, 1.54) is 18.2 Å². The van der Waals surface area contributed by atoms with Crippen molar-refractivity contribution in [3.63, 3.8) is 0 Å². The van der Waals surface area contributed by atoms with Gasteiger partial charge in [0, 0.05) is 11.6 Å². The Morgan fingerprint density at radius 2 is 1.76 bits per heavy atom. The molecule has 0 aliphatic carbocycles. The summed E-state index contributed by atoms with van der Waals surface area (Å²) in [6.07, 6.45) is 0. The van der Waals surface area contributed by atoms with Gasteiger partial charge in [-0.05, 0) is 31.0 Å². The second-order valence-electron chi connectivity index (χ2n) is 5.18. The lowest BCUT2D eigenvalue weighted by atomic mass is 10.0. The van der Waals surface area contributed by atoms with Gasteiger partial charge in [0.1, 0.15) is 5.82 Å². The Labute approximate surface area is 122 Å². The van der Waals surface area contributed by atoms with Crippen LogP contribution in [0.5, 0.6) is 0 Å². The van der Waals surface area contributed by atoms with Crippen LogP contribution in [0.25, 0.3) is 0 Å². The van der Waals surface area contributed by atoms with Crippen molar-refractivity contribution in [3.05, 3.63) is 71.0 Å². The standard InChI is InChI=1S/C17H18F3N/c1-12-8-9-14(10-16(12)18)13(2)21-11-17(19,20)15-6-4-3-5-7-15/h3-10,13,21H,11H2,1-2H3. The number of aryl methyl sites for hydroxylation is 1. The van der Waals surface area contributed by atoms with Crippen LogP contribution in [0.1, 0.15) is 29.7 Å². The molecule has 1 N–H and O–H groups in total. The zero-order chi connectivity index (χ0) is 15.5. The minimum atomic E-state index is -2.96. The molecule has 0 saturated carbocycles. The molecule has 1 nitrogen and oxygen atoms in total. The van der Waals surface area contributed by atoms with Crippen LogP contribution in [-0.2, 0) is 5.92 Å². The first kappa shape index (κ1) is 15.6. The molecule has 0 aromatic heterocycles. The average molecular weight is 293 g/mol. The highest BCUT2D eigenvalue weighted by Crippen LogP contribution is 2.27. The molecule has 0 saturated heterocycles. The molecule has 0 radical (unpaired) electrons. The van der Waals surface area contributed by atoms with E-state index in [4.69, 9.17) is 0 Å². The molecule has 2 aromatic carbocycles. The minimum absolute atomic E-state index is 0.0280. The molecule has 0 fully saturated rings. The monoisotopic (exact) mass is 293 g/mol. The Bertz CT molecular complexity index is 596. The van der Waals surface area contributed by atoms with E-state index in [-0.39, 0.29) is 17.4 Å². The molecule has 0 amide bonds. The van der Waals surface area contributed by atoms with Gasteiger partial charge in [0.15, 0.2) is 0 Å². The first-order chi connectivity index (χ1) is 9.90. The lowest BCUT2D eigenvalue weighted by Gasteiger charge is -2.21. The maximum Gasteiger partial charge on any atom is 0.285 e. The number of rotatable bonds is 5. The molecule has 2 aromatic rings. The van der Waals surface area contributed by atoms with Gasteiger partial charge in [-0.3, -0.25) is 0 Å². The van der Waals surface area contributed by atoms with Crippen molar-refractivity contribution >= 4 is 0 Å². The second kappa shape index (κ2) is 6.31. The van der Waals surface area contributed by atoms with Crippen molar-refractivity contribution in [1.29, 1.82) is 0 Å². The van der Waals surface area contributed by atoms with Gasteiger partial charge >= 0.3 is 0 Å². The van der Waals surface area contributed by atoms with Gasteiger partial charge in [-0.15, -0.1) is 0 Å². The summed E-state index contributed by atoms with van der Waals surface area (Å²) in [7, 11) is 0. The summed E-state index contributed by atoms with van der Waals surface area (Å²) in [5.74, 6) is -3.28. The fourth-order valence-electron chi connectivity index (χ4n) is 2.06. The van der Waals surface area contributed by atoms with Gasteiger partial charge in [0.25, 0.3) is 5.92 Å². The Balaban J connectivity index is 2.03. The highest BCUT2D eigenvalue weighted by Gasteiger charge is 2.31. The summed E-state index contributed by atoms with van der Waals surface area (Å²) < 4.78 is 41.6. The largest absolute Gasteiger partial charge is 0.304 e. The highest BCUT2D eigenvalue weighted by molar-refractivity contribution is 5.26. The van der Waals surface area contributed by atoms with E-state index in [1.54, 1.807) is 44.2 Å². The fraction of sp³-hybridized carbons (Fsp3) is 0.294. The van der Waals surface area contributed by atoms with E-state index in [1.807, 2.05) is 0 Å². The summed E-state index contributed by atoms with van der Waals surface area (Å²) >= 11 is 0. The van der Waals surface area contributed by atoms with E-state index in [0.29, 0.717) is 11.1 Å². The lowest BCUT2D eigenvalue weighted by Crippen LogP contribution is -2.32. The number of hydrogen-bond acceptors (Lipinski definition) is 1. The van der Waals surface area contributed by atoms with Crippen molar-refractivity contribution in [2.24, 2.45) is 0 Å². The van der Waals surface area contributed by atoms with Gasteiger partial charge in [-0.2, -0.15) is 8.78 Å². The third-order valence-corrected chi connectivity index (χ3v) is 3.52. The minimum Gasteiger partial charge on any atom is -0.304 e. The van der Waals surface area contributed by atoms with Gasteiger partial charge in [-0.25, -0.2) is 4.39 Å². The van der Waals surface area contributed by atoms with Crippen molar-refractivity contribution in [2.45, 2.75) is 25.8 Å². The van der Waals surface area contributed by atoms with E-state index < -0.39 is 12.5 Å². The summed E-state index contributed by atoms with van der Waals surface area (Å²) in [6.45, 7) is 2.92. The zero-order valence-corrected chi connectivity index (χ0v) is 12.0. The molecular weight excluding hydrogens is 275 g/mol. The molecule has 0 bridgehead atoms. The Hall–Kier alpha value is -1.81. The topological polar surface area (TPSA) is 12.0 Å². The molecule has 0 heterocycles. The maximum absolute atomic E-state index is 14.0. The number of hydrogen-bond donors (Lipinski definition) is 1. The van der Waals surface area contributed by atoms with Crippen LogP contribution in [0, 0.1) is 12.7 Å². The van der Waals surface area contributed by atoms with Crippen LogP contribution in [-0.4, -0.2) is 6.54 Å². The second-order valence-corrected chi connectivity index (χ2v) is 5.18. The van der Waals surface area contributed by atoms with Gasteiger partial charge in [0.2, 0.25) is 0 Å². The third-order valence-electron chi connectivity index (χ3n) is 3.52. The Morgan fingerprint density at radius 3 is 2.38 bits per heavy atom. The van der Waals surface area contributed by atoms with Gasteiger partial charge in [-0.1, -0.05) is 42.5 Å². The van der Waals surface area contributed by atoms with Crippen molar-refractivity contribution < 1.29 is 13.2 Å². The summed E-state index contributed by atoms with van der Waals surface area (Å²) in [5.41, 5.74) is 1.17. The summed E-state index contributed by atoms with van der Waals surface area (Å²) in [4.78, 5) is 0. The van der Waals surface area contributed by atoms with Crippen molar-refractivity contribution in [2.75, 3.05) is 6.54 Å². The van der Waals surface area contributed by atoms with Gasteiger partial charge < -0.3 is 5.32 Å². The number of nitrogens with one attached hydrogen (secondary N) is 1. The Kier molecular flexibility index (Phi) is 4.68. The van der Waals surface area contributed by atoms with Crippen LogP contribution in [0.3, 0.4) is 0 Å². The van der Waals surface area contributed by atoms with Crippen LogP contribution in [0.4, 0.5) is 13.2 Å². The van der Waals surface area contributed by atoms with Crippen LogP contribution in [0.2, 0.25) is 0 Å². The molecule has 0 spiro atoms. The van der Waals surface area contributed by atoms with E-state index in [0.717, 1.165) is 0 Å². The van der Waals surface area contributed by atoms with Crippen LogP contribution in [0.15, 0.2) is 48.5 Å². The maximum atomic E-state index is 14.0. The van der Waals surface area contributed by atoms with Crippen LogP contribution < -0.4 is 5.32 Å². The third kappa shape index (κ3) is 3.85. The fourth-order valence-corrected chi connectivity index (χ4v) is 2.06. The molecular formula is C17H18F3N. The normalized spacial score (nSPS) is 13.2. The first-order valence-corrected chi connectivity index (χ1v) is 6.83. The zero-order valence-electron chi connectivity index (χ0n) is 12.0. The summed E-state index contributed by atoms with van der Waals surface area (Å²) in [5, 5.41) is 2.77. The first-order valence-electron chi connectivity index (χ1n) is 6.83. The molecule has 0 aliphatic heterocycles. The van der Waals surface area contributed by atoms with E-state index in [2.05, 4.69) is 5.32 Å². The van der Waals surface area contributed by atoms with Crippen molar-refractivity contribution in [3.8, 4) is 0 Å². The van der Waals surface area contributed by atoms with E-state index in [9.17, 15) is 13.2 Å². The predicted molar refractivity (Wildman–Crippen MR) is 77.9 cm³/mol. The molecule has 1 unspecified atom stereocenters. The van der Waals surface area contributed by atoms with E-state index >= 15 is 0 Å². The average Bonchev–Trinajstić information content (AvgIpc) is 2.48. The van der Waals surface area contributed by atoms with Crippen molar-refractivity contribution in [1.82, 2.24) is 5.32 Å². The van der Waals surface area contributed by atoms with Gasteiger partial charge in [0.05, 0.1) is 6.54 Å². The molecule has 112 valence electrons. The predicted octanol–water partition coefficient (Wildman–Crippen LogP) is 4.58. The Morgan fingerprint density at radius 1 is 1.10 bits per heavy atom. The number of benzene rings is 2.